The zero-order valence-corrected chi connectivity index (χ0v) is 25.7. The molecule has 0 bridgehead atoms. The van der Waals surface area contributed by atoms with Crippen LogP contribution in [0.4, 0.5) is 35.1 Å². The molecule has 0 radical (unpaired) electrons. The normalized spacial score (nSPS) is 16.8. The van der Waals surface area contributed by atoms with Gasteiger partial charge in [-0.1, -0.05) is 44.0 Å². The Kier molecular flexibility index (Phi) is 10.9. The number of unbranched alkanes of at least 4 members (excludes halogenated alkanes) is 2. The molecule has 1 fully saturated rings. The maximum atomic E-state index is 14.9. The van der Waals surface area contributed by atoms with Gasteiger partial charge in [-0.3, -0.25) is 0 Å². The highest BCUT2D eigenvalue weighted by Gasteiger charge is 2.35. The molecule has 4 aromatic rings. The molecule has 10 heteroatoms. The average Bonchev–Trinajstić information content (AvgIpc) is 3.03. The molecule has 1 saturated carbocycles. The first-order valence-electron chi connectivity index (χ1n) is 15.6. The van der Waals surface area contributed by atoms with Gasteiger partial charge in [-0.05, 0) is 91.5 Å². The van der Waals surface area contributed by atoms with Gasteiger partial charge in [0.1, 0.15) is 23.2 Å². The molecular weight excluding hydrogens is 628 g/mol. The zero-order chi connectivity index (χ0) is 33.7. The summed E-state index contributed by atoms with van der Waals surface area (Å²) in [5.41, 5.74) is 0.540. The van der Waals surface area contributed by atoms with E-state index in [4.69, 9.17) is 9.47 Å². The van der Waals surface area contributed by atoms with Crippen molar-refractivity contribution in [3.05, 3.63) is 124 Å². The number of alkyl halides is 2. The van der Waals surface area contributed by atoms with Crippen LogP contribution in [0.25, 0.3) is 11.1 Å². The average molecular weight is 663 g/mol. The standard InChI is InChI=1S/C37H34F8O2/c1-2-3-4-5-22-6-11-26(12-7-22)37(44,45)47-28-19-32(39)30(33(40)20-28)21-46-27-13-8-23(9-14-27)24-10-15-29(31(38)16-24)25-17-34(41)36(43)35(42)18-25/h6-7,10-12,15-20,23,27H,2-5,8-9,13-14,21H2,1H3. The molecule has 4 aromatic carbocycles. The highest BCUT2D eigenvalue weighted by Crippen LogP contribution is 2.38. The van der Waals surface area contributed by atoms with Crippen molar-refractivity contribution in [2.75, 3.05) is 0 Å². The van der Waals surface area contributed by atoms with Crippen LogP contribution in [0.2, 0.25) is 0 Å². The van der Waals surface area contributed by atoms with Gasteiger partial charge in [0.25, 0.3) is 0 Å². The van der Waals surface area contributed by atoms with E-state index in [1.807, 2.05) is 0 Å². The van der Waals surface area contributed by atoms with Crippen LogP contribution in [-0.4, -0.2) is 6.10 Å². The fourth-order valence-corrected chi connectivity index (χ4v) is 5.92. The Labute approximate surface area is 268 Å². The quantitative estimate of drug-likeness (QED) is 0.0854. The molecule has 0 heterocycles. The molecule has 0 saturated heterocycles. The highest BCUT2D eigenvalue weighted by atomic mass is 19.3. The summed E-state index contributed by atoms with van der Waals surface area (Å²) >= 11 is 0. The van der Waals surface area contributed by atoms with Crippen molar-refractivity contribution < 1.29 is 44.6 Å². The number of rotatable bonds is 12. The van der Waals surface area contributed by atoms with Crippen molar-refractivity contribution >= 4 is 0 Å². The molecule has 0 N–H and O–H groups in total. The van der Waals surface area contributed by atoms with E-state index in [0.29, 0.717) is 43.4 Å². The highest BCUT2D eigenvalue weighted by molar-refractivity contribution is 5.65. The van der Waals surface area contributed by atoms with Gasteiger partial charge in [0, 0.05) is 23.3 Å². The summed E-state index contributed by atoms with van der Waals surface area (Å²) in [6.45, 7) is 1.65. The van der Waals surface area contributed by atoms with Crippen molar-refractivity contribution in [3.63, 3.8) is 0 Å². The SMILES string of the molecule is CCCCCc1ccc(C(F)(F)Oc2cc(F)c(COC3CCC(c4ccc(-c5cc(F)c(F)c(F)c5)c(F)c4)CC3)c(F)c2)cc1. The molecule has 250 valence electrons. The lowest BCUT2D eigenvalue weighted by Crippen LogP contribution is -2.22. The van der Waals surface area contributed by atoms with E-state index in [0.717, 1.165) is 43.4 Å². The summed E-state index contributed by atoms with van der Waals surface area (Å²) in [5.74, 6) is -8.03. The van der Waals surface area contributed by atoms with Crippen molar-refractivity contribution in [1.82, 2.24) is 0 Å². The number of halogens is 8. The van der Waals surface area contributed by atoms with Crippen molar-refractivity contribution in [2.45, 2.75) is 83.0 Å². The van der Waals surface area contributed by atoms with Gasteiger partial charge < -0.3 is 9.47 Å². The van der Waals surface area contributed by atoms with E-state index in [1.165, 1.54) is 24.3 Å². The second-order valence-electron chi connectivity index (χ2n) is 11.9. The maximum absolute atomic E-state index is 14.9. The topological polar surface area (TPSA) is 18.5 Å². The molecule has 0 amide bonds. The third-order valence-corrected chi connectivity index (χ3v) is 8.62. The first kappa shape index (κ1) is 34.4. The van der Waals surface area contributed by atoms with Crippen LogP contribution in [0.1, 0.15) is 80.0 Å². The van der Waals surface area contributed by atoms with E-state index in [9.17, 15) is 35.1 Å². The van der Waals surface area contributed by atoms with Gasteiger partial charge >= 0.3 is 6.11 Å². The van der Waals surface area contributed by atoms with Crippen LogP contribution in [0, 0.1) is 34.9 Å². The lowest BCUT2D eigenvalue weighted by atomic mass is 9.82. The third kappa shape index (κ3) is 8.33. The second-order valence-corrected chi connectivity index (χ2v) is 11.9. The Morgan fingerprint density at radius 1 is 0.702 bits per heavy atom. The van der Waals surface area contributed by atoms with Crippen LogP contribution in [-0.2, 0) is 23.9 Å². The summed E-state index contributed by atoms with van der Waals surface area (Å²) < 4.78 is 125. The van der Waals surface area contributed by atoms with Crippen molar-refractivity contribution in [2.24, 2.45) is 0 Å². The predicted octanol–water partition coefficient (Wildman–Crippen LogP) is 11.3. The van der Waals surface area contributed by atoms with Gasteiger partial charge in [0.15, 0.2) is 17.5 Å². The maximum Gasteiger partial charge on any atom is 0.426 e. The molecule has 0 unspecified atom stereocenters. The smallest absolute Gasteiger partial charge is 0.426 e. The van der Waals surface area contributed by atoms with Crippen LogP contribution in [0.3, 0.4) is 0 Å². The third-order valence-electron chi connectivity index (χ3n) is 8.62. The van der Waals surface area contributed by atoms with Gasteiger partial charge in [0.2, 0.25) is 0 Å². The van der Waals surface area contributed by atoms with E-state index in [1.54, 1.807) is 18.2 Å². The Morgan fingerprint density at radius 2 is 1.34 bits per heavy atom. The number of ether oxygens (including phenoxy) is 2. The Bertz CT molecular complexity index is 1630. The largest absolute Gasteiger partial charge is 0.429 e. The number of benzene rings is 4. The van der Waals surface area contributed by atoms with Crippen LogP contribution in [0.5, 0.6) is 5.75 Å². The van der Waals surface area contributed by atoms with Gasteiger partial charge in [0.05, 0.1) is 18.3 Å². The fourth-order valence-electron chi connectivity index (χ4n) is 5.92. The van der Waals surface area contributed by atoms with Gasteiger partial charge in [-0.25, -0.2) is 26.3 Å². The van der Waals surface area contributed by atoms with Gasteiger partial charge in [-0.2, -0.15) is 8.78 Å². The van der Waals surface area contributed by atoms with E-state index in [2.05, 4.69) is 6.92 Å². The Morgan fingerprint density at radius 3 is 1.94 bits per heavy atom. The minimum absolute atomic E-state index is 0.0519. The second kappa shape index (κ2) is 14.9. The number of hydrogen-bond donors (Lipinski definition) is 0. The van der Waals surface area contributed by atoms with Crippen LogP contribution < -0.4 is 4.74 Å². The molecule has 1 aliphatic rings. The summed E-state index contributed by atoms with van der Waals surface area (Å²) in [5, 5.41) is 0. The fraction of sp³-hybridized carbons (Fsp3) is 0.351. The number of aryl methyl sites for hydroxylation is 1. The van der Waals surface area contributed by atoms with E-state index >= 15 is 0 Å². The minimum atomic E-state index is -3.81. The minimum Gasteiger partial charge on any atom is -0.429 e. The molecule has 0 spiro atoms. The monoisotopic (exact) mass is 662 g/mol. The lowest BCUT2D eigenvalue weighted by Gasteiger charge is -2.29. The van der Waals surface area contributed by atoms with Gasteiger partial charge in [-0.15, -0.1) is 0 Å². The molecule has 47 heavy (non-hydrogen) atoms. The molecule has 1 aliphatic carbocycles. The first-order chi connectivity index (χ1) is 22.4. The molecule has 0 aromatic heterocycles. The summed E-state index contributed by atoms with van der Waals surface area (Å²) in [7, 11) is 0. The Hall–Kier alpha value is -3.92. The first-order valence-corrected chi connectivity index (χ1v) is 15.6. The summed E-state index contributed by atoms with van der Waals surface area (Å²) in [6.07, 6.45) is 1.83. The predicted molar refractivity (Wildman–Crippen MR) is 162 cm³/mol. The molecule has 0 aliphatic heterocycles. The van der Waals surface area contributed by atoms with Crippen molar-refractivity contribution in [1.29, 1.82) is 0 Å². The van der Waals surface area contributed by atoms with Crippen molar-refractivity contribution in [3.8, 4) is 16.9 Å². The molecule has 0 atom stereocenters. The zero-order valence-electron chi connectivity index (χ0n) is 25.7. The number of hydrogen-bond acceptors (Lipinski definition) is 2. The van der Waals surface area contributed by atoms with Crippen LogP contribution in [0.15, 0.2) is 66.7 Å². The van der Waals surface area contributed by atoms with E-state index < -0.39 is 64.5 Å². The Balaban J connectivity index is 1.15. The molecule has 2 nitrogen and oxygen atoms in total. The lowest BCUT2D eigenvalue weighted by molar-refractivity contribution is -0.185. The summed E-state index contributed by atoms with van der Waals surface area (Å²) in [4.78, 5) is 0. The summed E-state index contributed by atoms with van der Waals surface area (Å²) in [6, 6.07) is 12.9. The molecule has 5 rings (SSSR count). The molecular formula is C37H34F8O2. The van der Waals surface area contributed by atoms with E-state index in [-0.39, 0.29) is 23.1 Å². The van der Waals surface area contributed by atoms with Crippen LogP contribution >= 0.6 is 0 Å².